The number of nitrogen functional groups attached to an aromatic ring is 1. The second-order valence-electron chi connectivity index (χ2n) is 8.44. The number of carbonyl (C=O) groups excluding carboxylic acids is 1. The molecule has 0 aliphatic carbocycles. The molecule has 176 valence electrons. The molecule has 4 heterocycles. The third-order valence-electron chi connectivity index (χ3n) is 6.26. The van der Waals surface area contributed by atoms with Crippen molar-refractivity contribution in [3.63, 3.8) is 0 Å². The second kappa shape index (κ2) is 8.19. The van der Waals surface area contributed by atoms with Gasteiger partial charge < -0.3 is 15.1 Å². The summed E-state index contributed by atoms with van der Waals surface area (Å²) in [6.07, 6.45) is 2.41. The van der Waals surface area contributed by atoms with Crippen molar-refractivity contribution in [2.75, 3.05) is 18.8 Å². The average molecular weight is 469 g/mol. The standard InChI is InChI=1S/C24H22F3N5O2/c1-14(33)31-7-5-18(6-8-31)32-13-16(11-30-32)20-12-29-23(28)22-19(20)10-21(34-22)15-3-2-4-17(9-15)24(25,26)27/h2-4,9-13,18H,5-8H2,1H3,(H2,28,29). The summed E-state index contributed by atoms with van der Waals surface area (Å²) in [4.78, 5) is 17.6. The smallest absolute Gasteiger partial charge is 0.416 e. The maximum Gasteiger partial charge on any atom is 0.416 e. The number of piperidine rings is 1. The number of nitrogens with two attached hydrogens (primary N) is 1. The Bertz CT molecular complexity index is 1370. The maximum atomic E-state index is 13.2. The van der Waals surface area contributed by atoms with Crippen molar-refractivity contribution in [2.24, 2.45) is 0 Å². The zero-order valence-electron chi connectivity index (χ0n) is 18.3. The van der Waals surface area contributed by atoms with Crippen molar-refractivity contribution in [1.29, 1.82) is 0 Å². The summed E-state index contributed by atoms with van der Waals surface area (Å²) in [5.74, 6) is 0.499. The Morgan fingerprint density at radius 3 is 2.62 bits per heavy atom. The highest BCUT2D eigenvalue weighted by Crippen LogP contribution is 2.38. The fourth-order valence-electron chi connectivity index (χ4n) is 4.39. The van der Waals surface area contributed by atoms with Crippen LogP contribution in [-0.4, -0.2) is 38.7 Å². The molecule has 1 fully saturated rings. The second-order valence-corrected chi connectivity index (χ2v) is 8.44. The van der Waals surface area contributed by atoms with Crippen LogP contribution in [-0.2, 0) is 11.0 Å². The van der Waals surface area contributed by atoms with Crippen LogP contribution in [0, 0.1) is 0 Å². The molecule has 0 bridgehead atoms. The van der Waals surface area contributed by atoms with Gasteiger partial charge in [0.05, 0.1) is 17.8 Å². The first-order valence-corrected chi connectivity index (χ1v) is 10.9. The van der Waals surface area contributed by atoms with E-state index in [4.69, 9.17) is 10.2 Å². The molecule has 1 aromatic carbocycles. The highest BCUT2D eigenvalue weighted by Gasteiger charge is 2.31. The fourth-order valence-corrected chi connectivity index (χ4v) is 4.39. The number of hydrogen-bond acceptors (Lipinski definition) is 5. The van der Waals surface area contributed by atoms with Crippen molar-refractivity contribution < 1.29 is 22.4 Å². The van der Waals surface area contributed by atoms with E-state index in [9.17, 15) is 18.0 Å². The number of likely N-dealkylation sites (tertiary alicyclic amines) is 1. The number of hydrogen-bond donors (Lipinski definition) is 1. The van der Waals surface area contributed by atoms with Crippen LogP contribution in [0.15, 0.2) is 53.3 Å². The van der Waals surface area contributed by atoms with Crippen LogP contribution in [0.5, 0.6) is 0 Å². The Labute approximate surface area is 193 Å². The van der Waals surface area contributed by atoms with E-state index < -0.39 is 11.7 Å². The average Bonchev–Trinajstić information content (AvgIpc) is 3.48. The molecular formula is C24H22F3N5O2. The highest BCUT2D eigenvalue weighted by atomic mass is 19.4. The van der Waals surface area contributed by atoms with Crippen molar-refractivity contribution in [1.82, 2.24) is 19.7 Å². The number of amides is 1. The van der Waals surface area contributed by atoms with Gasteiger partial charge in [-0.05, 0) is 31.0 Å². The number of halogens is 3. The molecule has 3 aromatic heterocycles. The fraction of sp³-hybridized carbons (Fsp3) is 0.292. The summed E-state index contributed by atoms with van der Waals surface area (Å²) in [7, 11) is 0. The quantitative estimate of drug-likeness (QED) is 0.449. The number of alkyl halides is 3. The van der Waals surface area contributed by atoms with Crippen LogP contribution >= 0.6 is 0 Å². The van der Waals surface area contributed by atoms with Gasteiger partial charge >= 0.3 is 6.18 Å². The van der Waals surface area contributed by atoms with E-state index in [0.29, 0.717) is 29.6 Å². The summed E-state index contributed by atoms with van der Waals surface area (Å²) >= 11 is 0. The number of anilines is 1. The van der Waals surface area contributed by atoms with E-state index in [0.717, 1.165) is 36.1 Å². The van der Waals surface area contributed by atoms with Gasteiger partial charge in [0.1, 0.15) is 5.76 Å². The molecule has 0 atom stereocenters. The van der Waals surface area contributed by atoms with Gasteiger partial charge in [-0.2, -0.15) is 18.3 Å². The van der Waals surface area contributed by atoms with Gasteiger partial charge in [0.2, 0.25) is 5.91 Å². The topological polar surface area (TPSA) is 90.2 Å². The SMILES string of the molecule is CC(=O)N1CCC(n2cc(-c3cnc(N)c4oc(-c5cccc(C(F)(F)F)c5)cc34)cn2)CC1. The molecule has 1 aliphatic heterocycles. The van der Waals surface area contributed by atoms with Gasteiger partial charge in [-0.3, -0.25) is 9.48 Å². The summed E-state index contributed by atoms with van der Waals surface area (Å²) < 4.78 is 47.2. The van der Waals surface area contributed by atoms with Crippen molar-refractivity contribution in [3.05, 3.63) is 54.5 Å². The predicted molar refractivity (Wildman–Crippen MR) is 121 cm³/mol. The number of pyridine rings is 1. The van der Waals surface area contributed by atoms with Crippen LogP contribution in [0.25, 0.3) is 33.4 Å². The van der Waals surface area contributed by atoms with E-state index in [2.05, 4.69) is 10.1 Å². The van der Waals surface area contributed by atoms with Crippen LogP contribution in [0.4, 0.5) is 19.0 Å². The molecule has 1 amide bonds. The van der Waals surface area contributed by atoms with Crippen LogP contribution < -0.4 is 5.73 Å². The minimum absolute atomic E-state index is 0.0754. The normalized spacial score (nSPS) is 15.2. The molecule has 0 saturated carbocycles. The molecule has 10 heteroatoms. The zero-order valence-corrected chi connectivity index (χ0v) is 18.3. The molecule has 5 rings (SSSR count). The Balaban J connectivity index is 1.49. The first-order valence-electron chi connectivity index (χ1n) is 10.9. The number of aromatic nitrogens is 3. The number of rotatable bonds is 3. The summed E-state index contributed by atoms with van der Waals surface area (Å²) in [6, 6.07) is 6.82. The van der Waals surface area contributed by atoms with Crippen molar-refractivity contribution in [2.45, 2.75) is 32.0 Å². The Kier molecular flexibility index (Phi) is 5.30. The van der Waals surface area contributed by atoms with Gasteiger partial charge in [-0.1, -0.05) is 12.1 Å². The lowest BCUT2D eigenvalue weighted by atomic mass is 10.0. The lowest BCUT2D eigenvalue weighted by molar-refractivity contribution is -0.137. The minimum atomic E-state index is -4.46. The lowest BCUT2D eigenvalue weighted by Crippen LogP contribution is -2.37. The van der Waals surface area contributed by atoms with E-state index in [1.165, 1.54) is 6.07 Å². The van der Waals surface area contributed by atoms with E-state index >= 15 is 0 Å². The van der Waals surface area contributed by atoms with Crippen LogP contribution in [0.1, 0.15) is 31.4 Å². The first-order chi connectivity index (χ1) is 16.2. The van der Waals surface area contributed by atoms with Crippen LogP contribution in [0.2, 0.25) is 0 Å². The third-order valence-corrected chi connectivity index (χ3v) is 6.26. The molecule has 0 spiro atoms. The minimum Gasteiger partial charge on any atom is -0.452 e. The van der Waals surface area contributed by atoms with Gasteiger partial charge in [0.15, 0.2) is 11.4 Å². The number of fused-ring (bicyclic) bond motifs is 1. The Hall–Kier alpha value is -3.82. The molecule has 7 nitrogen and oxygen atoms in total. The highest BCUT2D eigenvalue weighted by molar-refractivity contribution is 6.00. The maximum absolute atomic E-state index is 13.2. The zero-order chi connectivity index (χ0) is 24.0. The van der Waals surface area contributed by atoms with Gasteiger partial charge in [0, 0.05) is 54.5 Å². The number of benzene rings is 1. The lowest BCUT2D eigenvalue weighted by Gasteiger charge is -2.31. The molecule has 2 N–H and O–H groups in total. The van der Waals surface area contributed by atoms with Crippen molar-refractivity contribution in [3.8, 4) is 22.5 Å². The Morgan fingerprint density at radius 2 is 1.91 bits per heavy atom. The summed E-state index contributed by atoms with van der Waals surface area (Å²) in [6.45, 7) is 2.94. The molecule has 34 heavy (non-hydrogen) atoms. The van der Waals surface area contributed by atoms with E-state index in [1.54, 1.807) is 31.5 Å². The van der Waals surface area contributed by atoms with Gasteiger partial charge in [-0.15, -0.1) is 0 Å². The summed E-state index contributed by atoms with van der Waals surface area (Å²) in [5.41, 5.74) is 7.38. The molecule has 4 aromatic rings. The first kappa shape index (κ1) is 22.0. The monoisotopic (exact) mass is 469 g/mol. The van der Waals surface area contributed by atoms with Crippen LogP contribution in [0.3, 0.4) is 0 Å². The summed E-state index contributed by atoms with van der Waals surface area (Å²) in [5, 5.41) is 5.16. The number of furan rings is 1. The van der Waals surface area contributed by atoms with Crippen molar-refractivity contribution >= 4 is 22.7 Å². The molecule has 0 radical (unpaired) electrons. The third kappa shape index (κ3) is 4.00. The molecular weight excluding hydrogens is 447 g/mol. The van der Waals surface area contributed by atoms with E-state index in [-0.39, 0.29) is 23.5 Å². The number of nitrogens with zero attached hydrogens (tertiary/aromatic N) is 4. The molecule has 1 saturated heterocycles. The van der Waals surface area contributed by atoms with Gasteiger partial charge in [-0.25, -0.2) is 4.98 Å². The van der Waals surface area contributed by atoms with E-state index in [1.807, 2.05) is 15.8 Å². The molecule has 1 aliphatic rings. The largest absolute Gasteiger partial charge is 0.452 e. The number of carbonyl (C=O) groups is 1. The molecule has 0 unspecified atom stereocenters. The Morgan fingerprint density at radius 1 is 1.15 bits per heavy atom. The predicted octanol–water partition coefficient (Wildman–Crippen LogP) is 5.14. The van der Waals surface area contributed by atoms with Gasteiger partial charge in [0.25, 0.3) is 0 Å².